The predicted molar refractivity (Wildman–Crippen MR) is 189 cm³/mol. The smallest absolute Gasteiger partial charge is 0.411 e. The van der Waals surface area contributed by atoms with Gasteiger partial charge in [-0.2, -0.15) is 5.26 Å². The predicted octanol–water partition coefficient (Wildman–Crippen LogP) is 7.61. The highest BCUT2D eigenvalue weighted by Gasteiger charge is 2.34. The largest absolute Gasteiger partial charge is 0.444 e. The lowest BCUT2D eigenvalue weighted by atomic mass is 9.91. The van der Waals surface area contributed by atoms with E-state index >= 15 is 4.39 Å². The van der Waals surface area contributed by atoms with Gasteiger partial charge in [-0.1, -0.05) is 26.7 Å². The van der Waals surface area contributed by atoms with Crippen LogP contribution in [0, 0.1) is 23.1 Å². The number of halogens is 2. The molecule has 2 unspecified atom stereocenters. The maximum atomic E-state index is 15.2. The molecule has 1 N–H and O–H groups in total. The van der Waals surface area contributed by atoms with Crippen LogP contribution < -0.4 is 15.5 Å². The Bertz CT molecular complexity index is 1790. The third kappa shape index (κ3) is 7.29. The van der Waals surface area contributed by atoms with Crippen molar-refractivity contribution >= 4 is 54.8 Å². The second-order valence-corrected chi connectivity index (χ2v) is 14.9. The molecule has 0 bridgehead atoms. The molecule has 1 fully saturated rings. The number of aromatic nitrogens is 3. The minimum atomic E-state index is -0.721. The zero-order valence-electron chi connectivity index (χ0n) is 28.4. The van der Waals surface area contributed by atoms with Crippen LogP contribution >= 0.6 is 21.0 Å². The Morgan fingerprint density at radius 2 is 1.96 bits per heavy atom. The fourth-order valence-corrected chi connectivity index (χ4v) is 7.72. The van der Waals surface area contributed by atoms with Crippen LogP contribution in [0.2, 0.25) is 0 Å². The number of fused-ring (bicyclic) bond motifs is 4. The number of hydrogen-bond donors (Lipinski definition) is 1. The average Bonchev–Trinajstić information content (AvgIpc) is 3.66. The molecule has 0 spiro atoms. The van der Waals surface area contributed by atoms with Crippen molar-refractivity contribution < 1.29 is 23.0 Å². The molecule has 48 heavy (non-hydrogen) atoms. The number of allylic oxidation sites excluding steroid dienone is 1. The van der Waals surface area contributed by atoms with Crippen LogP contribution in [-0.2, 0) is 22.7 Å². The molecule has 3 aliphatic rings. The van der Waals surface area contributed by atoms with Gasteiger partial charge in [0.2, 0.25) is 5.95 Å². The maximum absolute atomic E-state index is 15.2. The molecule has 1 amide bonds. The highest BCUT2D eigenvalue weighted by Crippen LogP contribution is 2.45. The van der Waals surface area contributed by atoms with Crippen molar-refractivity contribution in [3.05, 3.63) is 40.6 Å². The first-order valence-corrected chi connectivity index (χ1v) is 17.9. The Kier molecular flexibility index (Phi) is 11.2. The number of anilines is 1. The summed E-state index contributed by atoms with van der Waals surface area (Å²) >= 11 is 1.21. The molecule has 5 heterocycles. The van der Waals surface area contributed by atoms with E-state index in [-0.39, 0.29) is 18.0 Å². The van der Waals surface area contributed by atoms with Gasteiger partial charge in [0, 0.05) is 52.1 Å². The van der Waals surface area contributed by atoms with Crippen molar-refractivity contribution in [1.82, 2.24) is 20.3 Å². The van der Waals surface area contributed by atoms with Gasteiger partial charge in [-0.3, -0.25) is 14.7 Å². The van der Waals surface area contributed by atoms with Crippen molar-refractivity contribution in [3.8, 4) is 17.3 Å². The second kappa shape index (κ2) is 15.0. The van der Waals surface area contributed by atoms with Crippen LogP contribution in [0.3, 0.4) is 0 Å². The average molecular weight is 697 g/mol. The number of benzene rings is 1. The first-order chi connectivity index (χ1) is 22.9. The van der Waals surface area contributed by atoms with E-state index in [0.717, 1.165) is 65.1 Å². The van der Waals surface area contributed by atoms with Gasteiger partial charge in [0.15, 0.2) is 5.82 Å². The molecule has 3 aromatic rings. The molecular weight excluding hydrogens is 653 g/mol. The van der Waals surface area contributed by atoms with Crippen LogP contribution in [-0.4, -0.2) is 51.7 Å². The van der Waals surface area contributed by atoms with Gasteiger partial charge in [-0.15, -0.1) is 21.0 Å². The normalized spacial score (nSPS) is 18.6. The topological polar surface area (TPSA) is 113 Å². The molecule has 1 saturated heterocycles. The number of alkyl halides is 1. The molecule has 2 aromatic heterocycles. The number of alkyl carbamates (subject to hydrolysis) is 1. The maximum Gasteiger partial charge on any atom is 0.411 e. The fraction of sp³-hybridized carbons (Fsp3) is 0.514. The molecule has 13 heteroatoms. The number of thioether (sulfide) groups is 1. The van der Waals surface area contributed by atoms with Gasteiger partial charge < -0.3 is 14.4 Å². The summed E-state index contributed by atoms with van der Waals surface area (Å²) < 4.78 is 37.7. The number of hydrogen-bond acceptors (Lipinski definition) is 9. The number of nitriles is 1. The fourth-order valence-electron chi connectivity index (χ4n) is 6.15. The second-order valence-electron chi connectivity index (χ2n) is 13.3. The summed E-state index contributed by atoms with van der Waals surface area (Å²) in [4.78, 5) is 29.5. The van der Waals surface area contributed by atoms with Crippen LogP contribution in [0.25, 0.3) is 27.7 Å². The van der Waals surface area contributed by atoms with Crippen molar-refractivity contribution in [1.29, 1.82) is 5.26 Å². The molecule has 3 aliphatic heterocycles. The summed E-state index contributed by atoms with van der Waals surface area (Å²) in [6.07, 6.45) is 6.35. The monoisotopic (exact) mass is 696 g/mol. The quantitative estimate of drug-likeness (QED) is 0.206. The summed E-state index contributed by atoms with van der Waals surface area (Å²) in [6, 6.07) is 2.53. The molecular formula is C35H43F2N6O3PS. The summed E-state index contributed by atoms with van der Waals surface area (Å²) in [5, 5.41) is 14.7. The summed E-state index contributed by atoms with van der Waals surface area (Å²) in [5.74, 6) is 0.879. The minimum absolute atomic E-state index is 0.145. The van der Waals surface area contributed by atoms with E-state index in [0.29, 0.717) is 53.0 Å². The Balaban J connectivity index is 0.000000689. The molecule has 3 atom stereocenters. The standard InChI is InChI=1S/C30H32FN6O3PS.C5H11F/c1-14-6-7-37(15(14)2)28-34-9-17-18-11-39-12-19(18)22(26(41)24(17)36-28)25-23-16(8-32)21(35-29(38)40-30(3,4)5)13-42-27(23)20(31)10-33-25;1-2-3-4-5-6/h9-10,14-15H,6-7,11-13,41H2,1-5H3,(H,35,38);2-5H2,1H3/t14-,15?;/m0./s1. The van der Waals surface area contributed by atoms with Crippen molar-refractivity contribution in [2.24, 2.45) is 5.92 Å². The SMILES string of the molecule is CC1[C@@H](C)CCN1c1ncc2c3c(c(-c4ncc(F)c5c4C(C#N)=C(NC(=O)OC(C)(C)C)CS5)c(P)c2n1)COC3.CCCCCF. The lowest BCUT2D eigenvalue weighted by molar-refractivity contribution is 0.0546. The summed E-state index contributed by atoms with van der Waals surface area (Å²) in [7, 11) is 2.80. The van der Waals surface area contributed by atoms with E-state index in [1.54, 1.807) is 20.8 Å². The highest BCUT2D eigenvalue weighted by atomic mass is 32.2. The summed E-state index contributed by atoms with van der Waals surface area (Å²) in [6.45, 7) is 13.2. The number of carbonyl (C=O) groups is 1. The number of amides is 1. The van der Waals surface area contributed by atoms with Gasteiger partial charge in [-0.25, -0.2) is 19.2 Å². The third-order valence-electron chi connectivity index (χ3n) is 8.82. The molecule has 6 rings (SSSR count). The zero-order chi connectivity index (χ0) is 34.7. The molecule has 0 saturated carbocycles. The number of unbranched alkanes of at least 4 members (excludes halogenated alkanes) is 2. The van der Waals surface area contributed by atoms with E-state index in [1.165, 1.54) is 18.0 Å². The number of pyridine rings is 1. The van der Waals surface area contributed by atoms with Crippen molar-refractivity contribution in [2.45, 2.75) is 97.0 Å². The van der Waals surface area contributed by atoms with Crippen LogP contribution in [0.5, 0.6) is 0 Å². The van der Waals surface area contributed by atoms with E-state index in [4.69, 9.17) is 19.4 Å². The van der Waals surface area contributed by atoms with Crippen LogP contribution in [0.1, 0.15) is 83.9 Å². The van der Waals surface area contributed by atoms with E-state index in [2.05, 4.69) is 51.3 Å². The number of ether oxygens (including phenoxy) is 2. The van der Waals surface area contributed by atoms with Gasteiger partial charge in [0.1, 0.15) is 11.7 Å². The number of carbonyl (C=O) groups excluding carboxylic acids is 1. The summed E-state index contributed by atoms with van der Waals surface area (Å²) in [5.41, 5.74) is 3.90. The van der Waals surface area contributed by atoms with Crippen LogP contribution in [0.15, 0.2) is 23.0 Å². The van der Waals surface area contributed by atoms with Crippen LogP contribution in [0.4, 0.5) is 19.5 Å². The van der Waals surface area contributed by atoms with Gasteiger partial charge in [-0.05, 0) is 57.6 Å². The molecule has 9 nitrogen and oxygen atoms in total. The Hall–Kier alpha value is -3.39. The van der Waals surface area contributed by atoms with Gasteiger partial charge in [0.25, 0.3) is 0 Å². The number of nitrogens with one attached hydrogen (secondary N) is 1. The molecule has 1 aromatic carbocycles. The van der Waals surface area contributed by atoms with E-state index in [1.807, 2.05) is 6.20 Å². The molecule has 0 aliphatic carbocycles. The van der Waals surface area contributed by atoms with E-state index < -0.39 is 17.5 Å². The minimum Gasteiger partial charge on any atom is -0.444 e. The highest BCUT2D eigenvalue weighted by molar-refractivity contribution is 7.99. The number of nitrogens with zero attached hydrogens (tertiary/aromatic N) is 5. The first-order valence-electron chi connectivity index (χ1n) is 16.4. The zero-order valence-corrected chi connectivity index (χ0v) is 30.3. The molecule has 256 valence electrons. The van der Waals surface area contributed by atoms with E-state index in [9.17, 15) is 14.4 Å². The third-order valence-corrected chi connectivity index (χ3v) is 10.5. The molecule has 0 radical (unpaired) electrons. The van der Waals surface area contributed by atoms with Gasteiger partial charge >= 0.3 is 6.09 Å². The lowest BCUT2D eigenvalue weighted by Gasteiger charge is -2.26. The lowest BCUT2D eigenvalue weighted by Crippen LogP contribution is -2.33. The van der Waals surface area contributed by atoms with Gasteiger partial charge in [0.05, 0.1) is 47.8 Å². The van der Waals surface area contributed by atoms with Crippen molar-refractivity contribution in [2.75, 3.05) is 23.9 Å². The van der Waals surface area contributed by atoms with Crippen molar-refractivity contribution in [3.63, 3.8) is 0 Å². The Labute approximate surface area is 287 Å². The first kappa shape index (κ1) is 35.9. The number of rotatable bonds is 6. The Morgan fingerprint density at radius 1 is 1.21 bits per heavy atom. The Morgan fingerprint density at radius 3 is 2.58 bits per heavy atom.